The number of nitrogens with zero attached hydrogens (tertiary/aromatic N) is 3. The molecule has 1 N–H and O–H groups in total. The third-order valence-electron chi connectivity index (χ3n) is 5.81. The van der Waals surface area contributed by atoms with Gasteiger partial charge in [0.05, 0.1) is 6.54 Å². The van der Waals surface area contributed by atoms with Crippen LogP contribution in [0.4, 0.5) is 4.79 Å². The number of amides is 4. The molecule has 0 bridgehead atoms. The minimum Gasteiger partial charge on any atom is -0.277 e. The third kappa shape index (κ3) is 4.56. The van der Waals surface area contributed by atoms with Gasteiger partial charge in [-0.2, -0.15) is 0 Å². The molecule has 4 amide bonds. The molecule has 1 aromatic carbocycles. The van der Waals surface area contributed by atoms with Gasteiger partial charge in [0.15, 0.2) is 0 Å². The first kappa shape index (κ1) is 21.4. The normalized spacial score (nSPS) is 15.5. The lowest BCUT2D eigenvalue weighted by Gasteiger charge is -2.39. The molecule has 1 fully saturated rings. The van der Waals surface area contributed by atoms with Gasteiger partial charge in [0.25, 0.3) is 0 Å². The average molecular weight is 428 g/mol. The Bertz CT molecular complexity index is 1040. The summed E-state index contributed by atoms with van der Waals surface area (Å²) in [6.07, 6.45) is 4.75. The fourth-order valence-electron chi connectivity index (χ4n) is 3.98. The van der Waals surface area contributed by atoms with E-state index in [0.29, 0.717) is 12.8 Å². The van der Waals surface area contributed by atoms with Crippen LogP contribution in [-0.4, -0.2) is 32.7 Å². The first-order valence-corrected chi connectivity index (χ1v) is 10.6. The maximum Gasteiger partial charge on any atom is 0.331 e. The molecular formula is C25H24N4O3. The number of hydrogen-bond acceptors (Lipinski definition) is 5. The maximum atomic E-state index is 13.7. The monoisotopic (exact) mass is 428 g/mol. The van der Waals surface area contributed by atoms with Crippen molar-refractivity contribution in [3.8, 4) is 0 Å². The number of barbiturate groups is 1. The van der Waals surface area contributed by atoms with Gasteiger partial charge in [-0.3, -0.25) is 29.8 Å². The van der Waals surface area contributed by atoms with E-state index in [1.54, 1.807) is 12.4 Å². The van der Waals surface area contributed by atoms with Crippen LogP contribution in [0.2, 0.25) is 0 Å². The number of imide groups is 2. The number of nitrogens with one attached hydrogen (secondary N) is 1. The Labute approximate surface area is 186 Å². The van der Waals surface area contributed by atoms with E-state index in [4.69, 9.17) is 0 Å². The van der Waals surface area contributed by atoms with Crippen molar-refractivity contribution in [2.75, 3.05) is 0 Å². The molecule has 0 radical (unpaired) electrons. The van der Waals surface area contributed by atoms with Crippen LogP contribution >= 0.6 is 0 Å². The Balaban J connectivity index is 1.63. The molecule has 162 valence electrons. The number of rotatable bonds is 8. The Kier molecular flexibility index (Phi) is 6.35. The van der Waals surface area contributed by atoms with Gasteiger partial charge in [-0.1, -0.05) is 42.5 Å². The van der Waals surface area contributed by atoms with E-state index in [1.807, 2.05) is 66.7 Å². The van der Waals surface area contributed by atoms with E-state index >= 15 is 0 Å². The Morgan fingerprint density at radius 3 is 1.84 bits per heavy atom. The van der Waals surface area contributed by atoms with Gasteiger partial charge in [-0.25, -0.2) is 4.79 Å². The van der Waals surface area contributed by atoms with Crippen LogP contribution in [0.3, 0.4) is 0 Å². The first-order valence-electron chi connectivity index (χ1n) is 10.6. The van der Waals surface area contributed by atoms with Crippen LogP contribution in [0.1, 0.15) is 29.8 Å². The lowest BCUT2D eigenvalue weighted by molar-refractivity contribution is -0.153. The van der Waals surface area contributed by atoms with Gasteiger partial charge in [0.2, 0.25) is 11.8 Å². The fourth-order valence-corrected chi connectivity index (χ4v) is 3.98. The van der Waals surface area contributed by atoms with E-state index in [0.717, 1.165) is 21.9 Å². The van der Waals surface area contributed by atoms with Gasteiger partial charge in [0.1, 0.15) is 5.41 Å². The minimum atomic E-state index is -1.38. The lowest BCUT2D eigenvalue weighted by Crippen LogP contribution is -2.63. The highest BCUT2D eigenvalue weighted by atomic mass is 16.2. The molecule has 0 aliphatic carbocycles. The van der Waals surface area contributed by atoms with Crippen LogP contribution in [0, 0.1) is 5.41 Å². The smallest absolute Gasteiger partial charge is 0.277 e. The first-order chi connectivity index (χ1) is 15.6. The number of urea groups is 1. The SMILES string of the molecule is O=C1NC(=O)C(CCc2ccccn2)(CCc2ccccn2)C(=O)N1Cc1ccccc1. The maximum absolute atomic E-state index is 13.7. The van der Waals surface area contributed by atoms with Crippen molar-refractivity contribution in [3.05, 3.63) is 96.1 Å². The molecule has 3 aromatic rings. The second-order valence-electron chi connectivity index (χ2n) is 7.86. The summed E-state index contributed by atoms with van der Waals surface area (Å²) >= 11 is 0. The number of aromatic nitrogens is 2. The van der Waals surface area contributed by atoms with E-state index in [-0.39, 0.29) is 19.4 Å². The highest BCUT2D eigenvalue weighted by Crippen LogP contribution is 2.36. The number of aryl methyl sites for hydroxylation is 2. The molecule has 4 rings (SSSR count). The minimum absolute atomic E-state index is 0.105. The zero-order valence-electron chi connectivity index (χ0n) is 17.6. The standard InChI is InChI=1S/C25H24N4O3/c30-22-25(14-12-20-10-4-6-16-26-20,15-13-21-11-5-7-17-27-21)23(31)29(24(32)28-22)18-19-8-2-1-3-9-19/h1-11,16-17H,12-15,18H2,(H,28,30,32). The highest BCUT2D eigenvalue weighted by Gasteiger charge is 2.53. The van der Waals surface area contributed by atoms with Crippen LogP contribution in [0.5, 0.6) is 0 Å². The zero-order chi connectivity index (χ0) is 22.4. The van der Waals surface area contributed by atoms with E-state index in [9.17, 15) is 14.4 Å². The van der Waals surface area contributed by atoms with Crippen molar-refractivity contribution < 1.29 is 14.4 Å². The predicted molar refractivity (Wildman–Crippen MR) is 118 cm³/mol. The Morgan fingerprint density at radius 1 is 0.750 bits per heavy atom. The fraction of sp³-hybridized carbons (Fsp3) is 0.240. The summed E-state index contributed by atoms with van der Waals surface area (Å²) in [5.41, 5.74) is 1.01. The van der Waals surface area contributed by atoms with Crippen LogP contribution in [0.15, 0.2) is 79.1 Å². The average Bonchev–Trinajstić information content (AvgIpc) is 2.83. The number of benzene rings is 1. The van der Waals surface area contributed by atoms with Crippen molar-refractivity contribution in [1.82, 2.24) is 20.2 Å². The summed E-state index contributed by atoms with van der Waals surface area (Å²) in [6.45, 7) is 0.105. The molecule has 2 aromatic heterocycles. The van der Waals surface area contributed by atoms with Gasteiger partial charge in [-0.15, -0.1) is 0 Å². The molecule has 0 unspecified atom stereocenters. The molecule has 32 heavy (non-hydrogen) atoms. The number of hydrogen-bond donors (Lipinski definition) is 1. The predicted octanol–water partition coefficient (Wildman–Crippen LogP) is 3.31. The summed E-state index contributed by atoms with van der Waals surface area (Å²) in [7, 11) is 0. The van der Waals surface area contributed by atoms with Crippen molar-refractivity contribution in [2.45, 2.75) is 32.2 Å². The van der Waals surface area contributed by atoms with Gasteiger partial charge in [-0.05, 0) is 55.5 Å². The molecule has 1 saturated heterocycles. The van der Waals surface area contributed by atoms with Crippen LogP contribution in [0.25, 0.3) is 0 Å². The number of pyridine rings is 2. The lowest BCUT2D eigenvalue weighted by atomic mass is 9.74. The second kappa shape index (κ2) is 9.51. The molecule has 0 atom stereocenters. The molecular weight excluding hydrogens is 404 g/mol. The van der Waals surface area contributed by atoms with Crippen molar-refractivity contribution >= 4 is 17.8 Å². The highest BCUT2D eigenvalue weighted by molar-refractivity contribution is 6.19. The number of carbonyl (C=O) groups excluding carboxylic acids is 3. The number of carbonyl (C=O) groups is 3. The van der Waals surface area contributed by atoms with Crippen molar-refractivity contribution in [2.24, 2.45) is 5.41 Å². The molecule has 1 aliphatic heterocycles. The molecule has 3 heterocycles. The summed E-state index contributed by atoms with van der Waals surface area (Å²) in [5.74, 6) is -1.02. The molecule has 1 aliphatic rings. The summed E-state index contributed by atoms with van der Waals surface area (Å²) < 4.78 is 0. The zero-order valence-corrected chi connectivity index (χ0v) is 17.6. The topological polar surface area (TPSA) is 92.3 Å². The van der Waals surface area contributed by atoms with Crippen LogP contribution < -0.4 is 5.32 Å². The van der Waals surface area contributed by atoms with E-state index < -0.39 is 23.3 Å². The molecule has 7 heteroatoms. The van der Waals surface area contributed by atoms with Gasteiger partial charge >= 0.3 is 6.03 Å². The Morgan fingerprint density at radius 2 is 1.31 bits per heavy atom. The third-order valence-corrected chi connectivity index (χ3v) is 5.81. The van der Waals surface area contributed by atoms with Gasteiger partial charge in [0, 0.05) is 23.8 Å². The van der Waals surface area contributed by atoms with Crippen LogP contribution in [-0.2, 0) is 29.0 Å². The van der Waals surface area contributed by atoms with Crippen molar-refractivity contribution in [1.29, 1.82) is 0 Å². The van der Waals surface area contributed by atoms with E-state index in [2.05, 4.69) is 15.3 Å². The summed E-state index contributed by atoms with van der Waals surface area (Å²) in [5, 5.41) is 2.43. The largest absolute Gasteiger partial charge is 0.331 e. The summed E-state index contributed by atoms with van der Waals surface area (Å²) in [4.78, 5) is 49.3. The molecule has 0 spiro atoms. The quantitative estimate of drug-likeness (QED) is 0.556. The summed E-state index contributed by atoms with van der Waals surface area (Å²) in [6, 6.07) is 19.7. The molecule has 0 saturated carbocycles. The van der Waals surface area contributed by atoms with E-state index in [1.165, 1.54) is 0 Å². The molecule has 7 nitrogen and oxygen atoms in total. The van der Waals surface area contributed by atoms with Crippen molar-refractivity contribution in [3.63, 3.8) is 0 Å². The Hall–Kier alpha value is -3.87. The second-order valence-corrected chi connectivity index (χ2v) is 7.86. The van der Waals surface area contributed by atoms with Gasteiger partial charge < -0.3 is 0 Å².